The van der Waals surface area contributed by atoms with Crippen molar-refractivity contribution in [3.05, 3.63) is 107 Å². The third kappa shape index (κ3) is 3.47. The number of alkyl halides is 3. The molecule has 3 aliphatic carbocycles. The molecule has 0 aromatic heterocycles. The first-order chi connectivity index (χ1) is 19.1. The van der Waals surface area contributed by atoms with Gasteiger partial charge in [-0.1, -0.05) is 61.2 Å². The van der Waals surface area contributed by atoms with Crippen molar-refractivity contribution in [3.8, 4) is 5.75 Å². The summed E-state index contributed by atoms with van der Waals surface area (Å²) in [4.78, 5) is 28.6. The van der Waals surface area contributed by atoms with Crippen LogP contribution in [0.5, 0.6) is 5.75 Å². The van der Waals surface area contributed by atoms with E-state index >= 15 is 0 Å². The number of likely N-dealkylation sites (tertiary alicyclic amines) is 1. The smallest absolute Gasteiger partial charge is 0.416 e. The largest absolute Gasteiger partial charge is 0.549 e. The van der Waals surface area contributed by atoms with Crippen molar-refractivity contribution < 1.29 is 32.6 Å². The number of rotatable bonds is 5. The highest BCUT2D eigenvalue weighted by atomic mass is 19.4. The molecule has 206 valence electrons. The van der Waals surface area contributed by atoms with Gasteiger partial charge in [0.05, 0.1) is 18.6 Å². The van der Waals surface area contributed by atoms with Crippen molar-refractivity contribution in [3.63, 3.8) is 0 Å². The van der Waals surface area contributed by atoms with E-state index < -0.39 is 46.3 Å². The Morgan fingerprint density at radius 3 is 2.38 bits per heavy atom. The van der Waals surface area contributed by atoms with E-state index in [9.17, 15) is 27.9 Å². The number of ether oxygens (including phenoxy) is 1. The van der Waals surface area contributed by atoms with Gasteiger partial charge in [0.25, 0.3) is 5.91 Å². The molecule has 7 rings (SSSR count). The number of methoxy groups -OCH3 is 1. The van der Waals surface area contributed by atoms with E-state index in [0.717, 1.165) is 23.3 Å². The fourth-order valence-corrected chi connectivity index (χ4v) is 7.75. The normalized spacial score (nSPS) is 26.6. The molecule has 4 aliphatic rings. The Bertz CT molecular complexity index is 1530. The number of carboxylic acid groups (broad SMARTS) is 1. The third-order valence-corrected chi connectivity index (χ3v) is 9.42. The number of amides is 1. The SMILES string of the molecule is C=C(C(=O)N1CC2C3(c4ccc(C(F)(F)F)cc4)CCC(c4ccccc43)C2(C(=O)[O-])C1)c1ccccc1OC. The van der Waals surface area contributed by atoms with Crippen molar-refractivity contribution in [2.45, 2.75) is 30.4 Å². The van der Waals surface area contributed by atoms with Crippen LogP contribution in [0.25, 0.3) is 5.57 Å². The molecular weight excluding hydrogens is 519 g/mol. The summed E-state index contributed by atoms with van der Waals surface area (Å²) in [5, 5.41) is 13.2. The van der Waals surface area contributed by atoms with Crippen molar-refractivity contribution in [1.29, 1.82) is 0 Å². The topological polar surface area (TPSA) is 69.7 Å². The van der Waals surface area contributed by atoms with E-state index in [1.165, 1.54) is 24.1 Å². The number of aliphatic carboxylic acids is 1. The number of benzene rings is 3. The number of hydrogen-bond donors (Lipinski definition) is 0. The van der Waals surface area contributed by atoms with Crippen LogP contribution in [0.2, 0.25) is 0 Å². The molecule has 3 aromatic rings. The van der Waals surface area contributed by atoms with Gasteiger partial charge in [0.2, 0.25) is 0 Å². The molecule has 0 radical (unpaired) electrons. The number of hydrogen-bond acceptors (Lipinski definition) is 4. The van der Waals surface area contributed by atoms with Gasteiger partial charge in [0.1, 0.15) is 5.75 Å². The number of halogens is 3. The highest BCUT2D eigenvalue weighted by Crippen LogP contribution is 2.68. The molecule has 0 N–H and O–H groups in total. The minimum absolute atomic E-state index is 0.0750. The molecule has 1 amide bonds. The van der Waals surface area contributed by atoms with Gasteiger partial charge < -0.3 is 19.5 Å². The molecule has 2 bridgehead atoms. The number of carbonyl (C=O) groups excluding carboxylic acids is 2. The maximum atomic E-state index is 13.9. The molecule has 1 saturated heterocycles. The Morgan fingerprint density at radius 2 is 1.70 bits per heavy atom. The zero-order valence-corrected chi connectivity index (χ0v) is 21.8. The van der Waals surface area contributed by atoms with Gasteiger partial charge in [-0.05, 0) is 53.6 Å². The number of nitrogens with zero attached hydrogens (tertiary/aromatic N) is 1. The molecule has 1 aliphatic heterocycles. The minimum Gasteiger partial charge on any atom is -0.549 e. The zero-order valence-electron chi connectivity index (χ0n) is 21.8. The molecular formula is C32H27F3NO4-. The maximum Gasteiger partial charge on any atom is 0.416 e. The standard InChI is InChI=1S/C32H28F3NO4/c1-19(22-7-4-6-10-26(22)40-2)28(37)36-17-27-30(20-11-13-21(14-12-20)32(33,34)35)16-15-25(31(27,18-36)29(38)39)23-8-3-5-9-24(23)30/h3-14,25,27H,1,15-18H2,2H3,(H,38,39)/p-1. The average molecular weight is 547 g/mol. The molecule has 40 heavy (non-hydrogen) atoms. The van der Waals surface area contributed by atoms with Crippen LogP contribution < -0.4 is 9.84 Å². The predicted octanol–water partition coefficient (Wildman–Crippen LogP) is 4.80. The van der Waals surface area contributed by atoms with Crippen molar-refractivity contribution in [2.75, 3.05) is 20.2 Å². The zero-order chi connectivity index (χ0) is 28.4. The second-order valence-electron chi connectivity index (χ2n) is 11.0. The summed E-state index contributed by atoms with van der Waals surface area (Å²) in [7, 11) is 1.49. The van der Waals surface area contributed by atoms with Gasteiger partial charge in [-0.15, -0.1) is 0 Å². The van der Waals surface area contributed by atoms with Crippen LogP contribution in [0.15, 0.2) is 79.4 Å². The second kappa shape index (κ2) is 8.98. The quantitative estimate of drug-likeness (QED) is 0.432. The van der Waals surface area contributed by atoms with Crippen LogP contribution in [0.3, 0.4) is 0 Å². The van der Waals surface area contributed by atoms with Crippen molar-refractivity contribution >= 4 is 17.4 Å². The lowest BCUT2D eigenvalue weighted by atomic mass is 9.42. The minimum atomic E-state index is -4.50. The summed E-state index contributed by atoms with van der Waals surface area (Å²) in [5.74, 6) is -2.19. The first-order valence-electron chi connectivity index (χ1n) is 13.2. The van der Waals surface area contributed by atoms with Crippen molar-refractivity contribution in [2.24, 2.45) is 11.3 Å². The Labute approximate surface area is 229 Å². The molecule has 4 atom stereocenters. The average Bonchev–Trinajstić information content (AvgIpc) is 3.40. The van der Waals surface area contributed by atoms with Crippen LogP contribution in [-0.4, -0.2) is 37.0 Å². The van der Waals surface area contributed by atoms with Crippen LogP contribution in [0.4, 0.5) is 13.2 Å². The number of fused-ring (bicyclic) bond motifs is 1. The summed E-state index contributed by atoms with van der Waals surface area (Å²) >= 11 is 0. The maximum absolute atomic E-state index is 13.9. The molecule has 2 fully saturated rings. The van der Waals surface area contributed by atoms with E-state index in [-0.39, 0.29) is 18.7 Å². The van der Waals surface area contributed by atoms with E-state index in [1.54, 1.807) is 24.3 Å². The second-order valence-corrected chi connectivity index (χ2v) is 11.0. The molecule has 8 heteroatoms. The summed E-state index contributed by atoms with van der Waals surface area (Å²) in [6.45, 7) is 4.05. The number of carbonyl (C=O) groups is 2. The lowest BCUT2D eigenvalue weighted by molar-refractivity contribution is -0.324. The fourth-order valence-electron chi connectivity index (χ4n) is 7.75. The van der Waals surface area contributed by atoms with E-state index in [1.807, 2.05) is 24.3 Å². The Kier molecular flexibility index (Phi) is 5.87. The first-order valence-corrected chi connectivity index (χ1v) is 13.2. The third-order valence-electron chi connectivity index (χ3n) is 9.42. The summed E-state index contributed by atoms with van der Waals surface area (Å²) in [6, 6.07) is 19.6. The molecule has 3 aromatic carbocycles. The van der Waals surface area contributed by atoms with Gasteiger partial charge in [-0.25, -0.2) is 0 Å². The number of para-hydroxylation sites is 1. The molecule has 1 saturated carbocycles. The van der Waals surface area contributed by atoms with Crippen LogP contribution >= 0.6 is 0 Å². The Morgan fingerprint density at radius 1 is 1.02 bits per heavy atom. The van der Waals surface area contributed by atoms with E-state index in [0.29, 0.717) is 29.7 Å². The summed E-state index contributed by atoms with van der Waals surface area (Å²) < 4.78 is 45.7. The highest BCUT2D eigenvalue weighted by molar-refractivity contribution is 6.19. The van der Waals surface area contributed by atoms with Gasteiger partial charge in [-0.2, -0.15) is 13.2 Å². The first kappa shape index (κ1) is 26.2. The molecule has 4 unspecified atom stereocenters. The van der Waals surface area contributed by atoms with Gasteiger partial charge in [-0.3, -0.25) is 4.79 Å². The number of carboxylic acids is 1. The van der Waals surface area contributed by atoms with Crippen molar-refractivity contribution in [1.82, 2.24) is 4.90 Å². The molecule has 5 nitrogen and oxygen atoms in total. The van der Waals surface area contributed by atoms with Crippen LogP contribution in [-0.2, 0) is 21.2 Å². The predicted molar refractivity (Wildman–Crippen MR) is 140 cm³/mol. The van der Waals surface area contributed by atoms with Crippen LogP contribution in [0, 0.1) is 11.3 Å². The lowest BCUT2D eigenvalue weighted by Crippen LogP contribution is -2.63. The van der Waals surface area contributed by atoms with Gasteiger partial charge in [0.15, 0.2) is 0 Å². The lowest BCUT2D eigenvalue weighted by Gasteiger charge is -2.61. The Balaban J connectivity index is 1.49. The molecule has 0 spiro atoms. The van der Waals surface area contributed by atoms with E-state index in [4.69, 9.17) is 4.74 Å². The van der Waals surface area contributed by atoms with E-state index in [2.05, 4.69) is 6.58 Å². The Hall–Kier alpha value is -4.07. The fraction of sp³-hybridized carbons (Fsp3) is 0.312. The monoisotopic (exact) mass is 546 g/mol. The van der Waals surface area contributed by atoms with Gasteiger partial charge in [0, 0.05) is 41.0 Å². The van der Waals surface area contributed by atoms with Gasteiger partial charge >= 0.3 is 6.18 Å². The highest BCUT2D eigenvalue weighted by Gasteiger charge is 2.68. The molecule has 1 heterocycles. The summed E-state index contributed by atoms with van der Waals surface area (Å²) in [6.07, 6.45) is -3.43. The van der Waals surface area contributed by atoms with Crippen LogP contribution in [0.1, 0.15) is 46.6 Å². The summed E-state index contributed by atoms with van der Waals surface area (Å²) in [5.41, 5.74) is -0.0261.